The molecule has 304 valence electrons. The topological polar surface area (TPSA) is 130 Å². The molecule has 5 aromatic rings. The molecule has 0 saturated heterocycles. The van der Waals surface area contributed by atoms with Crippen LogP contribution >= 0.6 is 0 Å². The van der Waals surface area contributed by atoms with Crippen LogP contribution in [0.1, 0.15) is 102 Å². The minimum atomic E-state index is -0.619. The van der Waals surface area contributed by atoms with E-state index in [1.54, 1.807) is 60.7 Å². The number of carbonyl (C=O) groups excluding carboxylic acids is 6. The van der Waals surface area contributed by atoms with Gasteiger partial charge in [-0.3, -0.25) is 14.4 Å². The molecule has 0 atom stereocenters. The fourth-order valence-corrected chi connectivity index (χ4v) is 5.81. The quantitative estimate of drug-likeness (QED) is 0.0162. The average molecular weight is 811 g/mol. The molecule has 0 radical (unpaired) electrons. The van der Waals surface area contributed by atoms with Crippen molar-refractivity contribution >= 4 is 35.8 Å². The Morgan fingerprint density at radius 1 is 0.492 bits per heavy atom. The van der Waals surface area contributed by atoms with Crippen molar-refractivity contribution < 1.29 is 43.0 Å². The minimum Gasteiger partial charge on any atom is -0.463 e. The van der Waals surface area contributed by atoms with Crippen LogP contribution in [-0.4, -0.2) is 49.0 Å². The van der Waals surface area contributed by atoms with Crippen LogP contribution in [0.3, 0.4) is 0 Å². The number of carbonyl (C=O) groups is 6. The lowest BCUT2D eigenvalue weighted by Crippen LogP contribution is -2.09. The van der Waals surface area contributed by atoms with E-state index in [2.05, 4.69) is 36.8 Å². The van der Waals surface area contributed by atoms with Crippen molar-refractivity contribution in [1.29, 1.82) is 0 Å². The van der Waals surface area contributed by atoms with Gasteiger partial charge in [0.2, 0.25) is 0 Å². The van der Waals surface area contributed by atoms with Gasteiger partial charge in [0, 0.05) is 58.4 Å². The zero-order valence-electron chi connectivity index (χ0n) is 33.4. The van der Waals surface area contributed by atoms with Gasteiger partial charge in [-0.15, -0.1) is 0 Å². The summed E-state index contributed by atoms with van der Waals surface area (Å²) >= 11 is 0. The van der Waals surface area contributed by atoms with Crippen LogP contribution < -0.4 is 4.74 Å². The largest absolute Gasteiger partial charge is 0.463 e. The molecule has 9 heteroatoms. The third-order valence-corrected chi connectivity index (χ3v) is 9.21. The summed E-state index contributed by atoms with van der Waals surface area (Å²) in [5, 5.41) is 0. The standard InChI is InChI=1S/C52H42O9/c1-3-50(56)59-33-7-5-9-47(54)43-24-17-38(18-25-43)12-11-37-15-22-41(23-16-37)42-28-30-45(31-29-42)52(58)61-49-32-21-40(35-46(49)36-53)14-13-39-19-26-44(27-20-39)48(55)10-6-8-34-60-51(57)4-2/h3-4,15-32,35-36H,1-2,5-10,33-34H2. The molecule has 0 aliphatic heterocycles. The predicted molar refractivity (Wildman–Crippen MR) is 232 cm³/mol. The Morgan fingerprint density at radius 2 is 0.885 bits per heavy atom. The number of benzene rings is 5. The number of Topliss-reactive ketones (excluding diaryl/α,β-unsaturated/α-hetero) is 2. The summed E-state index contributed by atoms with van der Waals surface area (Å²) in [7, 11) is 0. The number of ketones is 2. The molecule has 0 N–H and O–H groups in total. The molecule has 5 rings (SSSR count). The summed E-state index contributed by atoms with van der Waals surface area (Å²) in [5.74, 6) is 10.8. The molecule has 5 aromatic carbocycles. The molecule has 0 aliphatic rings. The van der Waals surface area contributed by atoms with Crippen LogP contribution in [-0.2, 0) is 19.1 Å². The van der Waals surface area contributed by atoms with Gasteiger partial charge >= 0.3 is 17.9 Å². The van der Waals surface area contributed by atoms with E-state index in [4.69, 9.17) is 14.2 Å². The van der Waals surface area contributed by atoms with Crippen LogP contribution in [0.15, 0.2) is 141 Å². The highest BCUT2D eigenvalue weighted by atomic mass is 16.5. The summed E-state index contributed by atoms with van der Waals surface area (Å²) in [4.78, 5) is 72.2. The van der Waals surface area contributed by atoms with Crippen molar-refractivity contribution in [2.24, 2.45) is 0 Å². The third-order valence-electron chi connectivity index (χ3n) is 9.21. The molecular weight excluding hydrogens is 769 g/mol. The van der Waals surface area contributed by atoms with E-state index in [-0.39, 0.29) is 36.1 Å². The van der Waals surface area contributed by atoms with Crippen molar-refractivity contribution in [3.8, 4) is 40.6 Å². The van der Waals surface area contributed by atoms with Gasteiger partial charge in [0.25, 0.3) is 0 Å². The van der Waals surface area contributed by atoms with E-state index in [9.17, 15) is 28.8 Å². The Kier molecular flexibility index (Phi) is 16.6. The number of ether oxygens (including phenoxy) is 3. The van der Waals surface area contributed by atoms with Crippen molar-refractivity contribution in [2.75, 3.05) is 13.2 Å². The number of unbranched alkanes of at least 4 members (excludes halogenated alkanes) is 2. The van der Waals surface area contributed by atoms with Gasteiger partial charge in [0.05, 0.1) is 24.3 Å². The summed E-state index contributed by atoms with van der Waals surface area (Å²) in [6.07, 6.45) is 5.89. The van der Waals surface area contributed by atoms with Crippen molar-refractivity contribution in [1.82, 2.24) is 0 Å². The average Bonchev–Trinajstić information content (AvgIpc) is 3.30. The molecule has 0 heterocycles. The second-order valence-electron chi connectivity index (χ2n) is 13.6. The Hall–Kier alpha value is -7.88. The lowest BCUT2D eigenvalue weighted by atomic mass is 10.0. The second kappa shape index (κ2) is 22.9. The predicted octanol–water partition coefficient (Wildman–Crippen LogP) is 9.35. The fraction of sp³-hybridized carbons (Fsp3) is 0.154. The number of esters is 3. The Balaban J connectivity index is 1.10. The van der Waals surface area contributed by atoms with Crippen LogP contribution in [0.5, 0.6) is 5.75 Å². The Labute approximate surface area is 355 Å². The Morgan fingerprint density at radius 3 is 1.33 bits per heavy atom. The summed E-state index contributed by atoms with van der Waals surface area (Å²) in [6, 6.07) is 33.4. The van der Waals surface area contributed by atoms with Gasteiger partial charge < -0.3 is 14.2 Å². The lowest BCUT2D eigenvalue weighted by Gasteiger charge is -2.08. The van der Waals surface area contributed by atoms with Gasteiger partial charge in [-0.05, 0) is 104 Å². The first-order chi connectivity index (χ1) is 29.6. The van der Waals surface area contributed by atoms with Crippen LogP contribution in [0, 0.1) is 23.7 Å². The van der Waals surface area contributed by atoms with Crippen LogP contribution in [0.2, 0.25) is 0 Å². The molecule has 61 heavy (non-hydrogen) atoms. The van der Waals surface area contributed by atoms with E-state index in [1.165, 1.54) is 6.07 Å². The highest BCUT2D eigenvalue weighted by molar-refractivity contribution is 5.97. The maximum Gasteiger partial charge on any atom is 0.343 e. The van der Waals surface area contributed by atoms with Crippen molar-refractivity contribution in [3.63, 3.8) is 0 Å². The van der Waals surface area contributed by atoms with Gasteiger partial charge in [-0.25, -0.2) is 14.4 Å². The molecule has 0 aliphatic carbocycles. The number of rotatable bonds is 18. The maximum absolute atomic E-state index is 13.0. The molecular formula is C52H42O9. The van der Waals surface area contributed by atoms with Gasteiger partial charge in [0.1, 0.15) is 5.75 Å². The van der Waals surface area contributed by atoms with Gasteiger partial charge in [-0.1, -0.05) is 85.4 Å². The van der Waals surface area contributed by atoms with Gasteiger partial charge in [0.15, 0.2) is 17.9 Å². The first-order valence-electron chi connectivity index (χ1n) is 19.6. The molecule has 9 nitrogen and oxygen atoms in total. The third kappa shape index (κ3) is 13.9. The van der Waals surface area contributed by atoms with Crippen LogP contribution in [0.25, 0.3) is 11.1 Å². The van der Waals surface area contributed by atoms with Crippen LogP contribution in [0.4, 0.5) is 0 Å². The van der Waals surface area contributed by atoms with Gasteiger partial charge in [-0.2, -0.15) is 0 Å². The maximum atomic E-state index is 13.0. The van der Waals surface area contributed by atoms with E-state index < -0.39 is 17.9 Å². The van der Waals surface area contributed by atoms with E-state index in [0.29, 0.717) is 72.6 Å². The van der Waals surface area contributed by atoms with Crippen molar-refractivity contribution in [2.45, 2.75) is 38.5 Å². The lowest BCUT2D eigenvalue weighted by molar-refractivity contribution is -0.138. The summed E-state index contributed by atoms with van der Waals surface area (Å²) in [6.45, 7) is 7.19. The molecule has 0 aromatic heterocycles. The summed E-state index contributed by atoms with van der Waals surface area (Å²) in [5.41, 5.74) is 6.24. The molecule has 0 unspecified atom stereocenters. The number of aldehydes is 1. The molecule has 0 spiro atoms. The Bertz CT molecular complexity index is 2520. The van der Waals surface area contributed by atoms with E-state index in [1.807, 2.05) is 48.5 Å². The zero-order chi connectivity index (χ0) is 43.4. The molecule has 0 saturated carbocycles. The highest BCUT2D eigenvalue weighted by Crippen LogP contribution is 2.23. The number of hydrogen-bond donors (Lipinski definition) is 0. The fourth-order valence-electron chi connectivity index (χ4n) is 5.81. The highest BCUT2D eigenvalue weighted by Gasteiger charge is 2.13. The van der Waals surface area contributed by atoms with E-state index in [0.717, 1.165) is 34.4 Å². The SMILES string of the molecule is C=CC(=O)OCCCCC(=O)c1ccc(C#Cc2ccc(-c3ccc(C(=O)Oc4ccc(C#Cc5ccc(C(=O)CCCCOC(=O)C=C)cc5)cc4C=O)cc3)cc2)cc1. The first kappa shape index (κ1) is 44.2. The minimum absolute atomic E-state index is 0.0179. The smallest absolute Gasteiger partial charge is 0.343 e. The molecule has 0 bridgehead atoms. The monoisotopic (exact) mass is 810 g/mol. The molecule has 0 amide bonds. The second-order valence-corrected chi connectivity index (χ2v) is 13.6. The first-order valence-corrected chi connectivity index (χ1v) is 19.6. The zero-order valence-corrected chi connectivity index (χ0v) is 33.4. The normalized spacial score (nSPS) is 10.1. The van der Waals surface area contributed by atoms with Crippen molar-refractivity contribution in [3.05, 3.63) is 185 Å². The molecule has 0 fully saturated rings. The van der Waals surface area contributed by atoms with E-state index >= 15 is 0 Å². The number of hydrogen-bond acceptors (Lipinski definition) is 9. The summed E-state index contributed by atoms with van der Waals surface area (Å²) < 4.78 is 15.4.